The fourth-order valence-electron chi connectivity index (χ4n) is 2.54. The van der Waals surface area contributed by atoms with Crippen LogP contribution < -0.4 is 5.32 Å². The normalized spacial score (nSPS) is 16.2. The number of aromatic nitrogens is 4. The van der Waals surface area contributed by atoms with Crippen molar-refractivity contribution in [2.24, 2.45) is 5.92 Å². The molecule has 110 valence electrons. The summed E-state index contributed by atoms with van der Waals surface area (Å²) in [5.74, 6) is 0.450. The van der Waals surface area contributed by atoms with Crippen LogP contribution in [-0.4, -0.2) is 26.1 Å². The highest BCUT2D eigenvalue weighted by molar-refractivity contribution is 9.10. The van der Waals surface area contributed by atoms with E-state index in [1.54, 1.807) is 0 Å². The summed E-state index contributed by atoms with van der Waals surface area (Å²) >= 11 is 3.44. The number of nitrogens with zero attached hydrogens (tertiary/aromatic N) is 4. The topological polar surface area (TPSA) is 72.7 Å². The standard InChI is InChI=1S/C14H16BrN5O/c15-12-6-4-11(5-7-12)14(10-2-1-3-10)17-13(21)8-20-9-16-18-19-20/h4-7,9-10,14H,1-3,8H2,(H,17,21). The number of tetrazole rings is 1. The van der Waals surface area contributed by atoms with Crippen molar-refractivity contribution in [3.63, 3.8) is 0 Å². The van der Waals surface area contributed by atoms with E-state index >= 15 is 0 Å². The molecule has 6 nitrogen and oxygen atoms in total. The van der Waals surface area contributed by atoms with Crippen LogP contribution in [0.3, 0.4) is 0 Å². The maximum Gasteiger partial charge on any atom is 0.242 e. The Balaban J connectivity index is 1.70. The van der Waals surface area contributed by atoms with Gasteiger partial charge in [-0.2, -0.15) is 0 Å². The van der Waals surface area contributed by atoms with Crippen LogP contribution in [0.25, 0.3) is 0 Å². The van der Waals surface area contributed by atoms with Crippen LogP contribution in [0, 0.1) is 5.92 Å². The van der Waals surface area contributed by atoms with E-state index in [9.17, 15) is 4.79 Å². The molecule has 1 unspecified atom stereocenters. The first-order chi connectivity index (χ1) is 10.2. The minimum absolute atomic E-state index is 0.0656. The molecule has 1 aromatic carbocycles. The predicted octanol–water partition coefficient (Wildman–Crippen LogP) is 2.09. The Bertz CT molecular complexity index is 594. The lowest BCUT2D eigenvalue weighted by Gasteiger charge is -2.34. The Labute approximate surface area is 131 Å². The summed E-state index contributed by atoms with van der Waals surface area (Å²) < 4.78 is 2.47. The smallest absolute Gasteiger partial charge is 0.242 e. The van der Waals surface area contributed by atoms with Crippen LogP contribution in [0.4, 0.5) is 0 Å². The van der Waals surface area contributed by atoms with Gasteiger partial charge >= 0.3 is 0 Å². The van der Waals surface area contributed by atoms with E-state index in [1.807, 2.05) is 12.1 Å². The van der Waals surface area contributed by atoms with Crippen LogP contribution in [0.15, 0.2) is 35.1 Å². The second-order valence-corrected chi connectivity index (χ2v) is 6.21. The molecule has 0 aliphatic heterocycles. The Morgan fingerprint density at radius 2 is 2.14 bits per heavy atom. The number of carbonyl (C=O) groups is 1. The fraction of sp³-hybridized carbons (Fsp3) is 0.429. The molecular weight excluding hydrogens is 334 g/mol. The van der Waals surface area contributed by atoms with E-state index in [1.165, 1.54) is 17.4 Å². The monoisotopic (exact) mass is 349 g/mol. The van der Waals surface area contributed by atoms with E-state index in [2.05, 4.69) is 48.9 Å². The summed E-state index contributed by atoms with van der Waals surface area (Å²) in [4.78, 5) is 12.2. The molecule has 1 saturated carbocycles. The van der Waals surface area contributed by atoms with Crippen molar-refractivity contribution in [2.75, 3.05) is 0 Å². The molecule has 1 amide bonds. The molecule has 1 aliphatic carbocycles. The van der Waals surface area contributed by atoms with Gasteiger partial charge in [0.2, 0.25) is 5.91 Å². The lowest BCUT2D eigenvalue weighted by Crippen LogP contribution is -2.38. The van der Waals surface area contributed by atoms with Gasteiger partial charge in [-0.25, -0.2) is 4.68 Å². The minimum Gasteiger partial charge on any atom is -0.347 e. The van der Waals surface area contributed by atoms with E-state index in [0.717, 1.165) is 22.9 Å². The van der Waals surface area contributed by atoms with E-state index in [0.29, 0.717) is 5.92 Å². The van der Waals surface area contributed by atoms with Crippen molar-refractivity contribution < 1.29 is 4.79 Å². The molecule has 1 heterocycles. The first kappa shape index (κ1) is 14.2. The number of halogens is 1. The van der Waals surface area contributed by atoms with E-state index < -0.39 is 0 Å². The zero-order valence-corrected chi connectivity index (χ0v) is 13.0. The lowest BCUT2D eigenvalue weighted by atomic mass is 9.77. The maximum atomic E-state index is 12.2. The molecule has 1 N–H and O–H groups in total. The average molecular weight is 350 g/mol. The zero-order valence-electron chi connectivity index (χ0n) is 11.4. The van der Waals surface area contributed by atoms with E-state index in [-0.39, 0.29) is 18.5 Å². The second kappa shape index (κ2) is 6.34. The summed E-state index contributed by atoms with van der Waals surface area (Å²) in [5, 5.41) is 13.9. The van der Waals surface area contributed by atoms with Gasteiger partial charge < -0.3 is 5.32 Å². The van der Waals surface area contributed by atoms with Gasteiger partial charge in [0.1, 0.15) is 12.9 Å². The summed E-state index contributed by atoms with van der Waals surface area (Å²) in [6, 6.07) is 8.20. The SMILES string of the molecule is O=C(Cn1cnnn1)NC(c1ccc(Br)cc1)C1CCC1. The van der Waals surface area contributed by atoms with Crippen LogP contribution >= 0.6 is 15.9 Å². The molecule has 1 fully saturated rings. The van der Waals surface area contributed by atoms with Gasteiger partial charge in [-0.3, -0.25) is 4.79 Å². The molecule has 1 atom stereocenters. The molecule has 1 aliphatic rings. The third-order valence-corrected chi connectivity index (χ3v) is 4.39. The van der Waals surface area contributed by atoms with Crippen molar-refractivity contribution in [3.8, 4) is 0 Å². The maximum absolute atomic E-state index is 12.2. The van der Waals surface area contributed by atoms with Crippen molar-refractivity contribution in [3.05, 3.63) is 40.6 Å². The summed E-state index contributed by atoms with van der Waals surface area (Å²) in [6.45, 7) is 0.146. The van der Waals surface area contributed by atoms with Gasteiger partial charge in [-0.1, -0.05) is 34.5 Å². The molecule has 1 aromatic heterocycles. The molecule has 3 rings (SSSR count). The number of hydrogen-bond acceptors (Lipinski definition) is 4. The van der Waals surface area contributed by atoms with E-state index in [4.69, 9.17) is 0 Å². The summed E-state index contributed by atoms with van der Waals surface area (Å²) in [7, 11) is 0. The number of carbonyl (C=O) groups excluding carboxylic acids is 1. The van der Waals surface area contributed by atoms with Crippen molar-refractivity contribution in [1.82, 2.24) is 25.5 Å². The third kappa shape index (κ3) is 3.47. The number of nitrogens with one attached hydrogen (secondary N) is 1. The number of hydrogen-bond donors (Lipinski definition) is 1. The highest BCUT2D eigenvalue weighted by atomic mass is 79.9. The van der Waals surface area contributed by atoms with Crippen molar-refractivity contribution in [2.45, 2.75) is 31.8 Å². The number of benzene rings is 1. The Kier molecular flexibility index (Phi) is 4.28. The number of rotatable bonds is 5. The molecule has 2 aromatic rings. The van der Waals surface area contributed by atoms with Crippen LogP contribution in [0.2, 0.25) is 0 Å². The summed E-state index contributed by atoms with van der Waals surface area (Å²) in [6.07, 6.45) is 5.00. The molecule has 7 heteroatoms. The Hall–Kier alpha value is -1.76. The second-order valence-electron chi connectivity index (χ2n) is 5.30. The number of amides is 1. The molecule has 0 saturated heterocycles. The van der Waals surface area contributed by atoms with Crippen LogP contribution in [0.1, 0.15) is 30.9 Å². The third-order valence-electron chi connectivity index (χ3n) is 3.86. The van der Waals surface area contributed by atoms with Crippen LogP contribution in [0.5, 0.6) is 0 Å². The van der Waals surface area contributed by atoms with Gasteiger partial charge in [0, 0.05) is 4.47 Å². The highest BCUT2D eigenvalue weighted by Gasteiger charge is 2.29. The van der Waals surface area contributed by atoms with Crippen LogP contribution in [-0.2, 0) is 11.3 Å². The van der Waals surface area contributed by atoms with Crippen molar-refractivity contribution in [1.29, 1.82) is 0 Å². The largest absolute Gasteiger partial charge is 0.347 e. The summed E-state index contributed by atoms with van der Waals surface area (Å²) in [5.41, 5.74) is 1.15. The highest BCUT2D eigenvalue weighted by Crippen LogP contribution is 2.37. The van der Waals surface area contributed by atoms with Gasteiger partial charge in [-0.05, 0) is 46.9 Å². The van der Waals surface area contributed by atoms with Crippen molar-refractivity contribution >= 4 is 21.8 Å². The molecule has 0 radical (unpaired) electrons. The zero-order chi connectivity index (χ0) is 14.7. The van der Waals surface area contributed by atoms with Gasteiger partial charge in [0.15, 0.2) is 0 Å². The first-order valence-corrected chi connectivity index (χ1v) is 7.77. The predicted molar refractivity (Wildman–Crippen MR) is 80.2 cm³/mol. The molecule has 21 heavy (non-hydrogen) atoms. The first-order valence-electron chi connectivity index (χ1n) is 6.98. The quantitative estimate of drug-likeness (QED) is 0.896. The molecule has 0 spiro atoms. The van der Waals surface area contributed by atoms with Gasteiger partial charge in [0.05, 0.1) is 6.04 Å². The molecule has 0 bridgehead atoms. The minimum atomic E-state index is -0.0675. The van der Waals surface area contributed by atoms with Gasteiger partial charge in [-0.15, -0.1) is 5.10 Å². The Morgan fingerprint density at radius 1 is 1.38 bits per heavy atom. The molecular formula is C14H16BrN5O. The Morgan fingerprint density at radius 3 is 2.71 bits per heavy atom. The average Bonchev–Trinajstić information content (AvgIpc) is 2.89. The van der Waals surface area contributed by atoms with Gasteiger partial charge in [0.25, 0.3) is 0 Å². The fourth-order valence-corrected chi connectivity index (χ4v) is 2.80. The lowest BCUT2D eigenvalue weighted by molar-refractivity contribution is -0.123.